The Hall–Kier alpha value is -0.710. The Labute approximate surface area is 136 Å². The maximum Gasteiger partial charge on any atom is 0.162 e. The van der Waals surface area contributed by atoms with E-state index < -0.39 is 0 Å². The van der Waals surface area contributed by atoms with Crippen LogP contribution in [-0.4, -0.2) is 13.2 Å². The summed E-state index contributed by atoms with van der Waals surface area (Å²) in [6, 6.07) is 5.86. The fraction of sp³-hybridized carbons (Fsp3) is 0.333. The van der Waals surface area contributed by atoms with Crippen LogP contribution >= 0.6 is 38.9 Å². The molecule has 0 bridgehead atoms. The van der Waals surface area contributed by atoms with Crippen LogP contribution < -0.4 is 9.47 Å². The lowest BCUT2D eigenvalue weighted by Crippen LogP contribution is -2.01. The molecule has 1 unspecified atom stereocenters. The SMILES string of the molecule is CCOc1cc(Cl)c(C(Br)c2ccsc2)cc1OCC. The second kappa shape index (κ2) is 7.34. The van der Waals surface area contributed by atoms with Crippen LogP contribution in [0.15, 0.2) is 29.0 Å². The Morgan fingerprint density at radius 1 is 1.20 bits per heavy atom. The third-order valence-corrected chi connectivity index (χ3v) is 4.82. The number of hydrogen-bond acceptors (Lipinski definition) is 3. The lowest BCUT2D eigenvalue weighted by atomic mass is 10.1. The molecule has 0 spiro atoms. The van der Waals surface area contributed by atoms with Gasteiger partial charge in [-0.3, -0.25) is 0 Å². The molecule has 0 saturated carbocycles. The standard InChI is InChI=1S/C15H16BrClO2S/c1-3-18-13-7-11(12(17)8-14(13)19-4-2)15(16)10-5-6-20-9-10/h5-9,15H,3-4H2,1-2H3. The largest absolute Gasteiger partial charge is 0.490 e. The molecule has 0 aliphatic carbocycles. The first-order chi connectivity index (χ1) is 9.67. The van der Waals surface area contributed by atoms with Crippen LogP contribution in [0.3, 0.4) is 0 Å². The highest BCUT2D eigenvalue weighted by Gasteiger charge is 2.18. The molecule has 2 rings (SSSR count). The maximum atomic E-state index is 6.39. The summed E-state index contributed by atoms with van der Waals surface area (Å²) in [6.45, 7) is 5.06. The molecule has 0 aliphatic heterocycles. The molecule has 1 heterocycles. The van der Waals surface area contributed by atoms with Gasteiger partial charge in [0, 0.05) is 11.1 Å². The molecule has 20 heavy (non-hydrogen) atoms. The average Bonchev–Trinajstić information content (AvgIpc) is 2.95. The molecule has 2 nitrogen and oxygen atoms in total. The first kappa shape index (κ1) is 15.7. The molecule has 0 radical (unpaired) electrons. The fourth-order valence-corrected chi connectivity index (χ4v) is 3.80. The minimum atomic E-state index is 0.0520. The molecule has 1 aromatic carbocycles. The van der Waals surface area contributed by atoms with Gasteiger partial charge in [0.25, 0.3) is 0 Å². The van der Waals surface area contributed by atoms with Gasteiger partial charge in [-0.1, -0.05) is 27.5 Å². The van der Waals surface area contributed by atoms with Crippen molar-refractivity contribution in [1.29, 1.82) is 0 Å². The lowest BCUT2D eigenvalue weighted by molar-refractivity contribution is 0.287. The topological polar surface area (TPSA) is 18.5 Å². The number of benzene rings is 1. The van der Waals surface area contributed by atoms with Gasteiger partial charge in [0.2, 0.25) is 0 Å². The van der Waals surface area contributed by atoms with Crippen LogP contribution in [0.1, 0.15) is 29.8 Å². The number of alkyl halides is 1. The summed E-state index contributed by atoms with van der Waals surface area (Å²) in [5.74, 6) is 1.42. The number of ether oxygens (including phenoxy) is 2. The Morgan fingerprint density at radius 3 is 2.40 bits per heavy atom. The first-order valence-corrected chi connectivity index (χ1v) is 8.66. The van der Waals surface area contributed by atoms with Crippen LogP contribution in [0, 0.1) is 0 Å². The van der Waals surface area contributed by atoms with Crippen molar-refractivity contribution in [2.24, 2.45) is 0 Å². The van der Waals surface area contributed by atoms with Gasteiger partial charge in [-0.2, -0.15) is 11.3 Å². The van der Waals surface area contributed by atoms with E-state index in [0.29, 0.717) is 24.0 Å². The Balaban J connectivity index is 2.40. The van der Waals surface area contributed by atoms with Crippen LogP contribution in [0.2, 0.25) is 5.02 Å². The number of hydrogen-bond donors (Lipinski definition) is 0. The summed E-state index contributed by atoms with van der Waals surface area (Å²) in [5, 5.41) is 4.83. The molecule has 1 atom stereocenters. The van der Waals surface area contributed by atoms with E-state index >= 15 is 0 Å². The number of thiophene rings is 1. The predicted molar refractivity (Wildman–Crippen MR) is 88.9 cm³/mol. The van der Waals surface area contributed by atoms with Crippen LogP contribution in [0.25, 0.3) is 0 Å². The van der Waals surface area contributed by atoms with Crippen LogP contribution in [0.4, 0.5) is 0 Å². The molecule has 0 fully saturated rings. The van der Waals surface area contributed by atoms with Crippen molar-refractivity contribution >= 4 is 38.9 Å². The molecular formula is C15H16BrClO2S. The molecule has 0 N–H and O–H groups in total. The molecule has 2 aromatic rings. The van der Waals surface area contributed by atoms with Crippen LogP contribution in [0.5, 0.6) is 11.5 Å². The number of halogens is 2. The molecule has 1 aromatic heterocycles. The van der Waals surface area contributed by atoms with Gasteiger partial charge in [-0.05, 0) is 47.9 Å². The quantitative estimate of drug-likeness (QED) is 0.604. The van der Waals surface area contributed by atoms with Crippen molar-refractivity contribution in [2.75, 3.05) is 13.2 Å². The van der Waals surface area contributed by atoms with E-state index in [1.807, 2.05) is 26.0 Å². The van der Waals surface area contributed by atoms with Gasteiger partial charge in [0.05, 0.1) is 18.0 Å². The van der Waals surface area contributed by atoms with E-state index in [4.69, 9.17) is 21.1 Å². The minimum absolute atomic E-state index is 0.0520. The molecule has 0 amide bonds. The average molecular weight is 376 g/mol. The molecule has 108 valence electrons. The third kappa shape index (κ3) is 3.48. The van der Waals surface area contributed by atoms with E-state index in [1.165, 1.54) is 5.56 Å². The minimum Gasteiger partial charge on any atom is -0.490 e. The van der Waals surface area contributed by atoms with E-state index in [0.717, 1.165) is 11.3 Å². The van der Waals surface area contributed by atoms with E-state index in [9.17, 15) is 0 Å². The van der Waals surface area contributed by atoms with Crippen molar-refractivity contribution in [2.45, 2.75) is 18.7 Å². The summed E-state index contributed by atoms with van der Waals surface area (Å²) in [7, 11) is 0. The van der Waals surface area contributed by atoms with Gasteiger partial charge >= 0.3 is 0 Å². The van der Waals surface area contributed by atoms with E-state index in [1.54, 1.807) is 11.3 Å². The van der Waals surface area contributed by atoms with Crippen molar-refractivity contribution in [1.82, 2.24) is 0 Å². The zero-order valence-electron chi connectivity index (χ0n) is 11.4. The molecule has 5 heteroatoms. The highest BCUT2D eigenvalue weighted by Crippen LogP contribution is 2.41. The Kier molecular flexibility index (Phi) is 5.75. The first-order valence-electron chi connectivity index (χ1n) is 6.42. The zero-order valence-corrected chi connectivity index (χ0v) is 14.5. The van der Waals surface area contributed by atoms with Crippen molar-refractivity contribution in [3.8, 4) is 11.5 Å². The summed E-state index contributed by atoms with van der Waals surface area (Å²) in [6.07, 6.45) is 0. The maximum absolute atomic E-state index is 6.39. The van der Waals surface area contributed by atoms with Gasteiger partial charge in [0.1, 0.15) is 0 Å². The summed E-state index contributed by atoms with van der Waals surface area (Å²) < 4.78 is 11.2. The molecular weight excluding hydrogens is 360 g/mol. The van der Waals surface area contributed by atoms with Crippen molar-refractivity contribution in [3.05, 3.63) is 45.1 Å². The van der Waals surface area contributed by atoms with Crippen molar-refractivity contribution < 1.29 is 9.47 Å². The van der Waals surface area contributed by atoms with Gasteiger partial charge < -0.3 is 9.47 Å². The summed E-state index contributed by atoms with van der Waals surface area (Å²) in [5.41, 5.74) is 2.17. The fourth-order valence-electron chi connectivity index (χ4n) is 1.88. The molecule has 0 aliphatic rings. The summed E-state index contributed by atoms with van der Waals surface area (Å²) >= 11 is 11.8. The third-order valence-electron chi connectivity index (χ3n) is 2.77. The normalized spacial score (nSPS) is 12.2. The summed E-state index contributed by atoms with van der Waals surface area (Å²) in [4.78, 5) is 0.0520. The predicted octanol–water partition coefficient (Wildman–Crippen LogP) is 5.68. The smallest absolute Gasteiger partial charge is 0.162 e. The lowest BCUT2D eigenvalue weighted by Gasteiger charge is -2.16. The zero-order chi connectivity index (χ0) is 14.5. The highest BCUT2D eigenvalue weighted by atomic mass is 79.9. The second-order valence-corrected chi connectivity index (χ2v) is 6.21. The highest BCUT2D eigenvalue weighted by molar-refractivity contribution is 9.09. The number of rotatable bonds is 6. The monoisotopic (exact) mass is 374 g/mol. The Bertz CT molecular complexity index is 557. The Morgan fingerprint density at radius 2 is 1.85 bits per heavy atom. The van der Waals surface area contributed by atoms with E-state index in [-0.39, 0.29) is 4.83 Å². The molecule has 0 saturated heterocycles. The van der Waals surface area contributed by atoms with Crippen molar-refractivity contribution in [3.63, 3.8) is 0 Å². The van der Waals surface area contributed by atoms with E-state index in [2.05, 4.69) is 32.8 Å². The van der Waals surface area contributed by atoms with Gasteiger partial charge in [0.15, 0.2) is 11.5 Å². The second-order valence-electron chi connectivity index (χ2n) is 4.11. The van der Waals surface area contributed by atoms with Gasteiger partial charge in [-0.25, -0.2) is 0 Å². The van der Waals surface area contributed by atoms with Crippen LogP contribution in [-0.2, 0) is 0 Å². The van der Waals surface area contributed by atoms with Gasteiger partial charge in [-0.15, -0.1) is 0 Å².